The molecule has 8 nitrogen and oxygen atoms in total. The second-order valence-electron chi connectivity index (χ2n) is 12.4. The maximum Gasteiger partial charge on any atom is 0.410 e. The zero-order valence-electron chi connectivity index (χ0n) is 25.6. The summed E-state index contributed by atoms with van der Waals surface area (Å²) in [5.74, 6) is 0.702. The summed E-state index contributed by atoms with van der Waals surface area (Å²) in [5.41, 5.74) is 6.54. The van der Waals surface area contributed by atoms with Gasteiger partial charge in [0.2, 0.25) is 5.89 Å². The van der Waals surface area contributed by atoms with Crippen molar-refractivity contribution >= 4 is 17.2 Å². The van der Waals surface area contributed by atoms with Crippen LogP contribution in [0.25, 0.3) is 11.1 Å². The van der Waals surface area contributed by atoms with E-state index in [0.29, 0.717) is 32.1 Å². The SMILES string of the molecule is CC(C)(C)OC(=O)N(Cc1ccc(CN(Cc2nc3ccccc3o2)C2CCCc3cccnc32)cc1)Cc1ccccn1. The molecule has 1 amide bonds. The van der Waals surface area contributed by atoms with Gasteiger partial charge in [-0.1, -0.05) is 48.5 Å². The number of aromatic nitrogens is 3. The van der Waals surface area contributed by atoms with Crippen molar-refractivity contribution in [2.45, 2.75) is 77.9 Å². The van der Waals surface area contributed by atoms with Crippen LogP contribution in [0, 0.1) is 0 Å². The number of rotatable bonds is 9. The van der Waals surface area contributed by atoms with E-state index in [1.54, 1.807) is 11.1 Å². The molecule has 8 heteroatoms. The normalized spacial score (nSPS) is 14.9. The monoisotopic (exact) mass is 589 g/mol. The molecule has 0 N–H and O–H groups in total. The number of carbonyl (C=O) groups is 1. The summed E-state index contributed by atoms with van der Waals surface area (Å²) in [5, 5.41) is 0. The zero-order valence-corrected chi connectivity index (χ0v) is 25.6. The van der Waals surface area contributed by atoms with Crippen LogP contribution in [-0.4, -0.2) is 36.4 Å². The maximum atomic E-state index is 13.1. The molecule has 1 atom stereocenters. The number of fused-ring (bicyclic) bond motifs is 2. The number of nitrogens with zero attached hydrogens (tertiary/aromatic N) is 5. The summed E-state index contributed by atoms with van der Waals surface area (Å²) < 4.78 is 11.9. The Kier molecular flexibility index (Phi) is 8.70. The highest BCUT2D eigenvalue weighted by Gasteiger charge is 2.29. The van der Waals surface area contributed by atoms with Crippen molar-refractivity contribution in [3.8, 4) is 0 Å². The first kappa shape index (κ1) is 29.5. The van der Waals surface area contributed by atoms with Gasteiger partial charge in [-0.2, -0.15) is 0 Å². The molecule has 3 heterocycles. The molecule has 1 aliphatic carbocycles. The van der Waals surface area contributed by atoms with Crippen molar-refractivity contribution < 1.29 is 13.9 Å². The molecule has 0 bridgehead atoms. The van der Waals surface area contributed by atoms with Gasteiger partial charge in [-0.3, -0.25) is 19.8 Å². The van der Waals surface area contributed by atoms with Gasteiger partial charge in [-0.15, -0.1) is 0 Å². The minimum atomic E-state index is -0.589. The lowest BCUT2D eigenvalue weighted by Gasteiger charge is -2.34. The molecule has 1 aliphatic rings. The number of aryl methyl sites for hydroxylation is 1. The van der Waals surface area contributed by atoms with E-state index in [-0.39, 0.29) is 12.1 Å². The number of pyridine rings is 2. The molecule has 0 fully saturated rings. The van der Waals surface area contributed by atoms with Crippen LogP contribution in [0.1, 0.15) is 73.6 Å². The molecule has 5 aromatic rings. The fourth-order valence-electron chi connectivity index (χ4n) is 5.78. The summed E-state index contributed by atoms with van der Waals surface area (Å²) in [6, 6.07) is 26.5. The molecular weight excluding hydrogens is 550 g/mol. The van der Waals surface area contributed by atoms with E-state index in [1.807, 2.05) is 75.5 Å². The van der Waals surface area contributed by atoms with E-state index in [1.165, 1.54) is 11.1 Å². The third kappa shape index (κ3) is 7.32. The van der Waals surface area contributed by atoms with Crippen LogP contribution in [0.3, 0.4) is 0 Å². The summed E-state index contributed by atoms with van der Waals surface area (Å²) in [6.07, 6.45) is 6.47. The van der Waals surface area contributed by atoms with Crippen LogP contribution < -0.4 is 0 Å². The Balaban J connectivity index is 1.22. The topological polar surface area (TPSA) is 84.6 Å². The maximum absolute atomic E-state index is 13.1. The van der Waals surface area contributed by atoms with Crippen molar-refractivity contribution in [1.29, 1.82) is 0 Å². The van der Waals surface area contributed by atoms with Crippen LogP contribution in [-0.2, 0) is 37.3 Å². The minimum absolute atomic E-state index is 0.163. The van der Waals surface area contributed by atoms with Crippen LogP contribution in [0.2, 0.25) is 0 Å². The van der Waals surface area contributed by atoms with Gasteiger partial charge < -0.3 is 9.15 Å². The molecule has 44 heavy (non-hydrogen) atoms. The van der Waals surface area contributed by atoms with Gasteiger partial charge >= 0.3 is 6.09 Å². The van der Waals surface area contributed by atoms with E-state index in [0.717, 1.165) is 47.3 Å². The molecular formula is C36H39N5O3. The second kappa shape index (κ2) is 13.0. The Labute approximate surface area is 258 Å². The summed E-state index contributed by atoms with van der Waals surface area (Å²) >= 11 is 0. The van der Waals surface area contributed by atoms with Gasteiger partial charge in [0.15, 0.2) is 5.58 Å². The van der Waals surface area contributed by atoms with Gasteiger partial charge in [0, 0.05) is 25.5 Å². The quantitative estimate of drug-likeness (QED) is 0.175. The number of hydrogen-bond acceptors (Lipinski definition) is 7. The molecule has 0 radical (unpaired) electrons. The highest BCUT2D eigenvalue weighted by atomic mass is 16.6. The van der Waals surface area contributed by atoms with Crippen molar-refractivity contribution in [3.63, 3.8) is 0 Å². The minimum Gasteiger partial charge on any atom is -0.444 e. The lowest BCUT2D eigenvalue weighted by atomic mass is 9.90. The predicted octanol–water partition coefficient (Wildman–Crippen LogP) is 7.63. The number of hydrogen-bond donors (Lipinski definition) is 0. The van der Waals surface area contributed by atoms with Crippen molar-refractivity contribution in [3.05, 3.63) is 125 Å². The molecule has 1 unspecified atom stereocenters. The molecule has 3 aromatic heterocycles. The summed E-state index contributed by atoms with van der Waals surface area (Å²) in [4.78, 5) is 31.3. The van der Waals surface area contributed by atoms with Crippen LogP contribution in [0.5, 0.6) is 0 Å². The Morgan fingerprint density at radius 1 is 0.864 bits per heavy atom. The number of ether oxygens (including phenoxy) is 1. The zero-order chi connectivity index (χ0) is 30.5. The van der Waals surface area contributed by atoms with E-state index in [4.69, 9.17) is 19.1 Å². The number of amides is 1. The van der Waals surface area contributed by atoms with Crippen LogP contribution in [0.4, 0.5) is 4.79 Å². The smallest absolute Gasteiger partial charge is 0.410 e. The Morgan fingerprint density at radius 2 is 1.61 bits per heavy atom. The van der Waals surface area contributed by atoms with Crippen LogP contribution in [0.15, 0.2) is 95.7 Å². The molecule has 226 valence electrons. The lowest BCUT2D eigenvalue weighted by molar-refractivity contribution is 0.0214. The first-order chi connectivity index (χ1) is 21.3. The van der Waals surface area contributed by atoms with E-state index < -0.39 is 5.60 Å². The highest BCUT2D eigenvalue weighted by Crippen LogP contribution is 2.35. The summed E-state index contributed by atoms with van der Waals surface area (Å²) in [7, 11) is 0. The van der Waals surface area contributed by atoms with Crippen LogP contribution >= 0.6 is 0 Å². The molecule has 2 aromatic carbocycles. The molecule has 6 rings (SSSR count). The third-order valence-corrected chi connectivity index (χ3v) is 7.80. The Hall–Kier alpha value is -4.56. The number of oxazole rings is 1. The van der Waals surface area contributed by atoms with Crippen molar-refractivity contribution in [1.82, 2.24) is 24.8 Å². The lowest BCUT2D eigenvalue weighted by Crippen LogP contribution is -2.36. The Morgan fingerprint density at radius 3 is 2.36 bits per heavy atom. The largest absolute Gasteiger partial charge is 0.444 e. The first-order valence-electron chi connectivity index (χ1n) is 15.3. The molecule has 0 spiro atoms. The predicted molar refractivity (Wildman–Crippen MR) is 169 cm³/mol. The van der Waals surface area contributed by atoms with E-state index in [2.05, 4.69) is 40.2 Å². The number of benzene rings is 2. The van der Waals surface area contributed by atoms with Gasteiger partial charge in [0.25, 0.3) is 0 Å². The average Bonchev–Trinajstić information content (AvgIpc) is 3.43. The molecule has 0 saturated heterocycles. The van der Waals surface area contributed by atoms with Crippen molar-refractivity contribution in [2.24, 2.45) is 0 Å². The highest BCUT2D eigenvalue weighted by molar-refractivity contribution is 5.72. The average molecular weight is 590 g/mol. The second-order valence-corrected chi connectivity index (χ2v) is 12.4. The fourth-order valence-corrected chi connectivity index (χ4v) is 5.78. The van der Waals surface area contributed by atoms with E-state index in [9.17, 15) is 4.79 Å². The van der Waals surface area contributed by atoms with Crippen molar-refractivity contribution in [2.75, 3.05) is 0 Å². The first-order valence-corrected chi connectivity index (χ1v) is 15.3. The molecule has 0 aliphatic heterocycles. The van der Waals surface area contributed by atoms with Gasteiger partial charge in [0.05, 0.1) is 30.5 Å². The van der Waals surface area contributed by atoms with Gasteiger partial charge in [0.1, 0.15) is 11.1 Å². The Bertz CT molecular complexity index is 1660. The molecule has 0 saturated carbocycles. The summed E-state index contributed by atoms with van der Waals surface area (Å²) in [6.45, 7) is 7.71. The fraction of sp³-hybridized carbons (Fsp3) is 0.333. The van der Waals surface area contributed by atoms with E-state index >= 15 is 0 Å². The van der Waals surface area contributed by atoms with Gasteiger partial charge in [-0.25, -0.2) is 9.78 Å². The number of para-hydroxylation sites is 2. The standard InChI is InChI=1S/C36H39N5O3/c1-36(2,3)44-35(42)41(24-29-12-6-7-20-37-29)23-27-18-16-26(17-19-27)22-40(25-33-39-30-13-4-5-15-32(30)43-33)31-14-8-10-28-11-9-21-38-34(28)31/h4-7,9,11-13,15-21,31H,8,10,14,22-25H2,1-3H3. The number of carbonyl (C=O) groups excluding carboxylic acids is 1. The third-order valence-electron chi connectivity index (χ3n) is 7.80. The van der Waals surface area contributed by atoms with Gasteiger partial charge in [-0.05, 0) is 87.1 Å².